The lowest BCUT2D eigenvalue weighted by Crippen LogP contribution is -2.46. The molecule has 0 fully saturated rings. The third-order valence-electron chi connectivity index (χ3n) is 8.51. The standard InChI is InChI=1S/C40H58N2OS/c1-6-10-13-14-19-25-40(34(5)21-12-8-3)42-32-38(20-9-4)41-31-37(30-36-23-17-15-18-24-36)33-44(43)39-28-26-35(27-29-39)22-16-11-7-2/h3-4,7,11,15-17,22-23,26-29,34,37-38,40-42H,6,10,12-14,18-21,24-25,30-33H2,1-2,5H3/b11-7-,22-16-/t34?,37?,38-,40-,44?/m0/s1. The van der Waals surface area contributed by atoms with Crippen LogP contribution in [0.1, 0.15) is 103 Å². The van der Waals surface area contributed by atoms with Gasteiger partial charge in [-0.05, 0) is 75.1 Å². The van der Waals surface area contributed by atoms with Crippen LogP contribution in [0.5, 0.6) is 0 Å². The van der Waals surface area contributed by atoms with Crippen molar-refractivity contribution < 1.29 is 4.21 Å². The number of unbranched alkanes of at least 4 members (excludes halogenated alkanes) is 4. The van der Waals surface area contributed by atoms with Gasteiger partial charge in [-0.1, -0.05) is 106 Å². The predicted octanol–water partition coefficient (Wildman–Crippen LogP) is 9.02. The summed E-state index contributed by atoms with van der Waals surface area (Å²) >= 11 is 0. The van der Waals surface area contributed by atoms with Crippen LogP contribution in [0, 0.1) is 36.5 Å². The van der Waals surface area contributed by atoms with Crippen LogP contribution in [0.2, 0.25) is 0 Å². The maximum Gasteiger partial charge on any atom is 0.0532 e. The number of terminal acetylenes is 2. The molecule has 1 aliphatic carbocycles. The van der Waals surface area contributed by atoms with E-state index in [4.69, 9.17) is 12.8 Å². The Hall–Kier alpha value is -2.63. The van der Waals surface area contributed by atoms with E-state index in [-0.39, 0.29) is 12.0 Å². The lowest BCUT2D eigenvalue weighted by molar-refractivity contribution is 0.313. The van der Waals surface area contributed by atoms with Gasteiger partial charge in [0, 0.05) is 42.1 Å². The first-order chi connectivity index (χ1) is 21.5. The fourth-order valence-electron chi connectivity index (χ4n) is 5.76. The third kappa shape index (κ3) is 15.9. The Morgan fingerprint density at radius 1 is 1.00 bits per heavy atom. The quantitative estimate of drug-likeness (QED) is 0.0734. The van der Waals surface area contributed by atoms with Crippen LogP contribution in [-0.2, 0) is 10.8 Å². The van der Waals surface area contributed by atoms with Crippen LogP contribution < -0.4 is 10.6 Å². The van der Waals surface area contributed by atoms with Crippen molar-refractivity contribution >= 4 is 16.9 Å². The molecule has 0 amide bonds. The van der Waals surface area contributed by atoms with Crippen LogP contribution in [0.3, 0.4) is 0 Å². The molecule has 0 heterocycles. The number of benzene rings is 1. The summed E-state index contributed by atoms with van der Waals surface area (Å²) in [6, 6.07) is 8.72. The number of hydrogen-bond acceptors (Lipinski definition) is 3. The maximum atomic E-state index is 13.5. The summed E-state index contributed by atoms with van der Waals surface area (Å²) in [5.74, 6) is 7.13. The number of rotatable bonds is 23. The first-order valence-electron chi connectivity index (χ1n) is 17.0. The lowest BCUT2D eigenvalue weighted by atomic mass is 9.91. The van der Waals surface area contributed by atoms with Crippen molar-refractivity contribution in [3.63, 3.8) is 0 Å². The van der Waals surface area contributed by atoms with Gasteiger partial charge < -0.3 is 10.6 Å². The average Bonchev–Trinajstić information content (AvgIpc) is 3.04. The van der Waals surface area contributed by atoms with Gasteiger partial charge in [-0.25, -0.2) is 0 Å². The maximum absolute atomic E-state index is 13.5. The summed E-state index contributed by atoms with van der Waals surface area (Å²) in [6.07, 6.45) is 39.4. The zero-order chi connectivity index (χ0) is 31.8. The second kappa shape index (κ2) is 23.7. The molecule has 0 saturated carbocycles. The molecular formula is C40H58N2OS. The third-order valence-corrected chi connectivity index (χ3v) is 10.1. The fourth-order valence-corrected chi connectivity index (χ4v) is 7.05. The van der Waals surface area contributed by atoms with Crippen molar-refractivity contribution in [1.82, 2.24) is 10.6 Å². The van der Waals surface area contributed by atoms with E-state index in [1.165, 1.54) is 44.1 Å². The molecule has 0 aliphatic heterocycles. The summed E-state index contributed by atoms with van der Waals surface area (Å²) in [6.45, 7) is 8.21. The Balaban J connectivity index is 2.05. The Morgan fingerprint density at radius 3 is 2.48 bits per heavy atom. The summed E-state index contributed by atoms with van der Waals surface area (Å²) in [7, 11) is -1.07. The molecule has 0 bridgehead atoms. The highest BCUT2D eigenvalue weighted by molar-refractivity contribution is 7.85. The van der Waals surface area contributed by atoms with Crippen LogP contribution in [0.25, 0.3) is 6.08 Å². The van der Waals surface area contributed by atoms with Crippen LogP contribution in [0.4, 0.5) is 0 Å². The van der Waals surface area contributed by atoms with Crippen LogP contribution in [0.15, 0.2) is 71.2 Å². The van der Waals surface area contributed by atoms with Gasteiger partial charge in [0.15, 0.2) is 0 Å². The molecule has 1 aromatic rings. The monoisotopic (exact) mass is 614 g/mol. The number of nitrogens with one attached hydrogen (secondary N) is 2. The molecule has 2 rings (SSSR count). The van der Waals surface area contributed by atoms with E-state index in [2.05, 4.69) is 60.6 Å². The second-order valence-electron chi connectivity index (χ2n) is 12.3. The van der Waals surface area contributed by atoms with Gasteiger partial charge in [0.25, 0.3) is 0 Å². The fraction of sp³-hybridized carbons (Fsp3) is 0.550. The van der Waals surface area contributed by atoms with Crippen LogP contribution in [-0.4, -0.2) is 35.1 Å². The molecule has 3 unspecified atom stereocenters. The molecule has 0 spiro atoms. The predicted molar refractivity (Wildman–Crippen MR) is 194 cm³/mol. The van der Waals surface area contributed by atoms with Gasteiger partial charge in [0.1, 0.15) is 0 Å². The van der Waals surface area contributed by atoms with Crippen molar-refractivity contribution in [3.8, 4) is 24.7 Å². The zero-order valence-electron chi connectivity index (χ0n) is 27.7. The van der Waals surface area contributed by atoms with Crippen molar-refractivity contribution in [3.05, 3.63) is 71.9 Å². The van der Waals surface area contributed by atoms with E-state index in [9.17, 15) is 4.21 Å². The normalized spacial score (nSPS) is 16.7. The van der Waals surface area contributed by atoms with E-state index in [1.807, 2.05) is 49.4 Å². The highest BCUT2D eigenvalue weighted by atomic mass is 32.2. The van der Waals surface area contributed by atoms with Crippen molar-refractivity contribution in [2.45, 2.75) is 115 Å². The van der Waals surface area contributed by atoms with Gasteiger partial charge in [0.05, 0.1) is 10.8 Å². The summed E-state index contributed by atoms with van der Waals surface area (Å²) in [5.41, 5.74) is 2.55. The molecule has 1 aromatic carbocycles. The van der Waals surface area contributed by atoms with Gasteiger partial charge in [-0.15, -0.1) is 24.7 Å². The van der Waals surface area contributed by atoms with Gasteiger partial charge >= 0.3 is 0 Å². The minimum atomic E-state index is -1.07. The zero-order valence-corrected chi connectivity index (χ0v) is 28.6. The minimum absolute atomic E-state index is 0.168. The number of hydrogen-bond donors (Lipinski definition) is 2. The smallest absolute Gasteiger partial charge is 0.0532 e. The van der Waals surface area contributed by atoms with Gasteiger partial charge in [-0.2, -0.15) is 0 Å². The van der Waals surface area contributed by atoms with Crippen LogP contribution >= 0.6 is 0 Å². The average molecular weight is 615 g/mol. The van der Waals surface area contributed by atoms with Gasteiger partial charge in [-0.3, -0.25) is 4.21 Å². The Bertz CT molecular complexity index is 1150. The molecule has 3 nitrogen and oxygen atoms in total. The highest BCUT2D eigenvalue weighted by Gasteiger charge is 2.21. The Labute approximate surface area is 273 Å². The largest absolute Gasteiger partial charge is 0.312 e. The molecule has 1 aliphatic rings. The molecule has 2 N–H and O–H groups in total. The van der Waals surface area contributed by atoms with Gasteiger partial charge in [0.2, 0.25) is 0 Å². The first kappa shape index (κ1) is 37.6. The summed E-state index contributed by atoms with van der Waals surface area (Å²) < 4.78 is 13.5. The van der Waals surface area contributed by atoms with Crippen molar-refractivity contribution in [2.75, 3.05) is 18.8 Å². The number of allylic oxidation sites excluding steroid dienone is 7. The SMILES string of the molecule is C#CCCC(C)[C@H](CCCCCCC)NC[C@H](CC#C)NCC(CC1=CC=CCC1)CS(=O)c1ccc(/C=C\C=C/C)cc1. The van der Waals surface area contributed by atoms with E-state index in [1.54, 1.807) is 0 Å². The topological polar surface area (TPSA) is 41.1 Å². The molecular weight excluding hydrogens is 557 g/mol. The van der Waals surface area contributed by atoms with Crippen molar-refractivity contribution in [1.29, 1.82) is 0 Å². The van der Waals surface area contributed by atoms with E-state index in [0.29, 0.717) is 24.1 Å². The highest BCUT2D eigenvalue weighted by Crippen LogP contribution is 2.23. The molecule has 5 atom stereocenters. The lowest BCUT2D eigenvalue weighted by Gasteiger charge is -2.29. The van der Waals surface area contributed by atoms with E-state index < -0.39 is 10.8 Å². The Morgan fingerprint density at radius 2 is 1.80 bits per heavy atom. The van der Waals surface area contributed by atoms with Crippen molar-refractivity contribution in [2.24, 2.45) is 11.8 Å². The van der Waals surface area contributed by atoms with E-state index in [0.717, 1.165) is 55.7 Å². The molecule has 0 aromatic heterocycles. The van der Waals surface area contributed by atoms with E-state index >= 15 is 0 Å². The molecule has 0 radical (unpaired) electrons. The minimum Gasteiger partial charge on any atom is -0.312 e. The molecule has 0 saturated heterocycles. The first-order valence-corrected chi connectivity index (χ1v) is 18.3. The second-order valence-corrected chi connectivity index (χ2v) is 13.8. The molecule has 44 heavy (non-hydrogen) atoms. The summed E-state index contributed by atoms with van der Waals surface area (Å²) in [4.78, 5) is 0.889. The molecule has 4 heteroatoms. The Kier molecular flexibility index (Phi) is 20.2. The molecule has 240 valence electrons. The summed E-state index contributed by atoms with van der Waals surface area (Å²) in [5, 5.41) is 7.68.